The van der Waals surface area contributed by atoms with Gasteiger partial charge in [0.1, 0.15) is 0 Å². The SMILES string of the molecule is CC[C@H]1CNC[C@@H](C)S1(=O)=O. The normalized spacial score (nSPS) is 36.9. The maximum atomic E-state index is 11.5. The first-order chi connectivity index (χ1) is 5.09. The van der Waals surface area contributed by atoms with Crippen LogP contribution in [0.3, 0.4) is 0 Å². The van der Waals surface area contributed by atoms with Crippen molar-refractivity contribution in [3.8, 4) is 0 Å². The Morgan fingerprint density at radius 2 is 2.09 bits per heavy atom. The van der Waals surface area contributed by atoms with Crippen LogP contribution in [0.2, 0.25) is 0 Å². The van der Waals surface area contributed by atoms with Crippen molar-refractivity contribution in [3.63, 3.8) is 0 Å². The van der Waals surface area contributed by atoms with Gasteiger partial charge in [0.05, 0.1) is 10.5 Å². The molecule has 1 aliphatic heterocycles. The Bertz CT molecular complexity index is 223. The minimum absolute atomic E-state index is 0.161. The van der Waals surface area contributed by atoms with E-state index in [0.717, 1.165) is 6.42 Å². The Balaban J connectivity index is 2.82. The summed E-state index contributed by atoms with van der Waals surface area (Å²) < 4.78 is 23.0. The highest BCUT2D eigenvalue weighted by molar-refractivity contribution is 7.92. The van der Waals surface area contributed by atoms with Gasteiger partial charge in [-0.2, -0.15) is 0 Å². The highest BCUT2D eigenvalue weighted by atomic mass is 32.2. The third-order valence-corrected chi connectivity index (χ3v) is 5.00. The molecular weight excluding hydrogens is 162 g/mol. The van der Waals surface area contributed by atoms with Crippen LogP contribution < -0.4 is 5.32 Å². The van der Waals surface area contributed by atoms with Crippen LogP contribution in [0.4, 0.5) is 0 Å². The Kier molecular flexibility index (Phi) is 2.54. The van der Waals surface area contributed by atoms with E-state index >= 15 is 0 Å². The highest BCUT2D eigenvalue weighted by Crippen LogP contribution is 2.15. The minimum atomic E-state index is -2.81. The molecule has 0 aromatic carbocycles. The fraction of sp³-hybridized carbons (Fsp3) is 1.00. The van der Waals surface area contributed by atoms with Gasteiger partial charge in [-0.3, -0.25) is 0 Å². The molecular formula is C7H15NO2S. The fourth-order valence-electron chi connectivity index (χ4n) is 1.39. The third-order valence-electron chi connectivity index (χ3n) is 2.28. The molecule has 0 amide bonds. The standard InChI is InChI=1S/C7H15NO2S/c1-3-7-5-8-4-6(2)11(7,9)10/h6-8H,3-5H2,1-2H3/t6-,7+/m1/s1. The molecule has 1 N–H and O–H groups in total. The second-order valence-electron chi connectivity index (χ2n) is 3.09. The van der Waals surface area contributed by atoms with Crippen LogP contribution in [-0.4, -0.2) is 32.0 Å². The van der Waals surface area contributed by atoms with E-state index in [9.17, 15) is 8.42 Å². The zero-order valence-corrected chi connectivity index (χ0v) is 7.82. The molecule has 0 unspecified atom stereocenters. The van der Waals surface area contributed by atoms with Gasteiger partial charge in [-0.05, 0) is 13.3 Å². The summed E-state index contributed by atoms with van der Waals surface area (Å²) in [6.07, 6.45) is 0.722. The number of sulfone groups is 1. The molecule has 0 aliphatic carbocycles. The quantitative estimate of drug-likeness (QED) is 0.621. The van der Waals surface area contributed by atoms with Gasteiger partial charge in [0.2, 0.25) is 0 Å². The lowest BCUT2D eigenvalue weighted by atomic mass is 10.3. The van der Waals surface area contributed by atoms with Crippen molar-refractivity contribution in [2.24, 2.45) is 0 Å². The Hall–Kier alpha value is -0.0900. The summed E-state index contributed by atoms with van der Waals surface area (Å²) in [6, 6.07) is 0. The highest BCUT2D eigenvalue weighted by Gasteiger charge is 2.33. The Morgan fingerprint density at radius 1 is 1.45 bits per heavy atom. The molecule has 0 spiro atoms. The summed E-state index contributed by atoms with van der Waals surface area (Å²) in [5, 5.41) is 2.74. The lowest BCUT2D eigenvalue weighted by Gasteiger charge is -2.27. The molecule has 66 valence electrons. The molecule has 0 radical (unpaired) electrons. The third kappa shape index (κ3) is 1.56. The second kappa shape index (κ2) is 3.11. The first-order valence-electron chi connectivity index (χ1n) is 4.02. The predicted molar refractivity (Wildman–Crippen MR) is 45.3 cm³/mol. The first kappa shape index (κ1) is 9.00. The summed E-state index contributed by atoms with van der Waals surface area (Å²) in [6.45, 7) is 4.92. The summed E-state index contributed by atoms with van der Waals surface area (Å²) in [7, 11) is -2.81. The van der Waals surface area contributed by atoms with E-state index in [0.29, 0.717) is 13.1 Å². The zero-order valence-electron chi connectivity index (χ0n) is 7.00. The second-order valence-corrected chi connectivity index (χ2v) is 5.74. The molecule has 4 heteroatoms. The average molecular weight is 177 g/mol. The number of hydrogen-bond donors (Lipinski definition) is 1. The van der Waals surface area contributed by atoms with E-state index < -0.39 is 9.84 Å². The Labute approximate surface area is 68.1 Å². The molecule has 1 aliphatic rings. The summed E-state index contributed by atoms with van der Waals surface area (Å²) >= 11 is 0. The van der Waals surface area contributed by atoms with Crippen molar-refractivity contribution >= 4 is 9.84 Å². The molecule has 0 aromatic heterocycles. The molecule has 11 heavy (non-hydrogen) atoms. The van der Waals surface area contributed by atoms with E-state index in [1.165, 1.54) is 0 Å². The van der Waals surface area contributed by atoms with Crippen molar-refractivity contribution in [2.75, 3.05) is 13.1 Å². The van der Waals surface area contributed by atoms with Gasteiger partial charge in [0, 0.05) is 13.1 Å². The van der Waals surface area contributed by atoms with E-state index in [-0.39, 0.29) is 10.5 Å². The molecule has 0 aromatic rings. The lowest BCUT2D eigenvalue weighted by Crippen LogP contribution is -2.48. The molecule has 1 rings (SSSR count). The van der Waals surface area contributed by atoms with Crippen molar-refractivity contribution in [3.05, 3.63) is 0 Å². The summed E-state index contributed by atoms with van der Waals surface area (Å²) in [4.78, 5) is 0. The predicted octanol–water partition coefficient (Wildman–Crippen LogP) is 0.171. The largest absolute Gasteiger partial charge is 0.314 e. The first-order valence-corrected chi connectivity index (χ1v) is 5.63. The van der Waals surface area contributed by atoms with Gasteiger partial charge in [0.25, 0.3) is 0 Å². The molecule has 0 bridgehead atoms. The van der Waals surface area contributed by atoms with Gasteiger partial charge >= 0.3 is 0 Å². The van der Waals surface area contributed by atoms with Crippen molar-refractivity contribution < 1.29 is 8.42 Å². The van der Waals surface area contributed by atoms with Crippen LogP contribution in [0.15, 0.2) is 0 Å². The van der Waals surface area contributed by atoms with E-state index in [1.54, 1.807) is 6.92 Å². The van der Waals surface area contributed by atoms with E-state index in [1.807, 2.05) is 6.92 Å². The number of nitrogens with one attached hydrogen (secondary N) is 1. The maximum absolute atomic E-state index is 11.5. The fourth-order valence-corrected chi connectivity index (χ4v) is 3.21. The summed E-state index contributed by atoms with van der Waals surface area (Å²) in [5.74, 6) is 0. The van der Waals surface area contributed by atoms with Gasteiger partial charge in [-0.25, -0.2) is 8.42 Å². The van der Waals surface area contributed by atoms with Crippen LogP contribution in [-0.2, 0) is 9.84 Å². The average Bonchev–Trinajstić information content (AvgIpc) is 1.95. The molecule has 1 fully saturated rings. The van der Waals surface area contributed by atoms with E-state index in [4.69, 9.17) is 0 Å². The summed E-state index contributed by atoms with van der Waals surface area (Å²) in [5.41, 5.74) is 0. The van der Waals surface area contributed by atoms with Crippen LogP contribution in [0.25, 0.3) is 0 Å². The van der Waals surface area contributed by atoms with Crippen molar-refractivity contribution in [1.29, 1.82) is 0 Å². The zero-order chi connectivity index (χ0) is 8.48. The molecule has 1 heterocycles. The molecule has 0 saturated carbocycles. The van der Waals surface area contributed by atoms with Crippen LogP contribution in [0.5, 0.6) is 0 Å². The van der Waals surface area contributed by atoms with Gasteiger partial charge in [0.15, 0.2) is 9.84 Å². The van der Waals surface area contributed by atoms with E-state index in [2.05, 4.69) is 5.32 Å². The molecule has 1 saturated heterocycles. The molecule has 2 atom stereocenters. The van der Waals surface area contributed by atoms with Crippen LogP contribution in [0, 0.1) is 0 Å². The monoisotopic (exact) mass is 177 g/mol. The van der Waals surface area contributed by atoms with Crippen LogP contribution >= 0.6 is 0 Å². The molecule has 3 nitrogen and oxygen atoms in total. The number of hydrogen-bond acceptors (Lipinski definition) is 3. The topological polar surface area (TPSA) is 46.2 Å². The lowest BCUT2D eigenvalue weighted by molar-refractivity contribution is 0.515. The minimum Gasteiger partial charge on any atom is -0.314 e. The smallest absolute Gasteiger partial charge is 0.158 e. The van der Waals surface area contributed by atoms with Crippen LogP contribution in [0.1, 0.15) is 20.3 Å². The van der Waals surface area contributed by atoms with Gasteiger partial charge < -0.3 is 5.32 Å². The maximum Gasteiger partial charge on any atom is 0.158 e. The number of rotatable bonds is 1. The van der Waals surface area contributed by atoms with Crippen molar-refractivity contribution in [2.45, 2.75) is 30.8 Å². The van der Waals surface area contributed by atoms with Gasteiger partial charge in [-0.1, -0.05) is 6.92 Å². The van der Waals surface area contributed by atoms with Crippen molar-refractivity contribution in [1.82, 2.24) is 5.32 Å². The Morgan fingerprint density at radius 3 is 2.55 bits per heavy atom. The van der Waals surface area contributed by atoms with Gasteiger partial charge in [-0.15, -0.1) is 0 Å².